The molecule has 2 aromatic carbocycles. The fraction of sp³-hybridized carbons (Fsp3) is 0.172. The van der Waals surface area contributed by atoms with Gasteiger partial charge in [0.05, 0.1) is 11.6 Å². The lowest BCUT2D eigenvalue weighted by Crippen LogP contribution is -2.35. The zero-order valence-electron chi connectivity index (χ0n) is 20.2. The summed E-state index contributed by atoms with van der Waals surface area (Å²) in [5, 5.41) is 15.3. The van der Waals surface area contributed by atoms with Crippen LogP contribution in [0.3, 0.4) is 0 Å². The Balaban J connectivity index is 1.47. The molecule has 0 fully saturated rings. The Bertz CT molecular complexity index is 1420. The molecule has 0 radical (unpaired) electrons. The Labute approximate surface area is 210 Å². The fourth-order valence-corrected chi connectivity index (χ4v) is 3.87. The van der Waals surface area contributed by atoms with Crippen molar-refractivity contribution in [1.82, 2.24) is 14.9 Å². The first kappa shape index (κ1) is 24.6. The number of rotatable bonds is 8. The minimum atomic E-state index is -0.578. The van der Waals surface area contributed by atoms with Gasteiger partial charge in [0.15, 0.2) is 0 Å². The van der Waals surface area contributed by atoms with Crippen molar-refractivity contribution in [3.05, 3.63) is 118 Å². The number of benzene rings is 2. The topological polar surface area (TPSA) is 99.8 Å². The van der Waals surface area contributed by atoms with Gasteiger partial charge < -0.3 is 15.2 Å². The molecule has 0 bridgehead atoms. The second-order valence-electron chi connectivity index (χ2n) is 8.67. The van der Waals surface area contributed by atoms with E-state index in [1.165, 1.54) is 4.57 Å². The zero-order chi connectivity index (χ0) is 25.5. The summed E-state index contributed by atoms with van der Waals surface area (Å²) in [6, 6.07) is 25.5. The molecule has 7 heteroatoms. The van der Waals surface area contributed by atoms with E-state index in [9.17, 15) is 9.59 Å². The predicted molar refractivity (Wildman–Crippen MR) is 140 cm³/mol. The van der Waals surface area contributed by atoms with E-state index in [1.54, 1.807) is 43.7 Å². The number of aryl methyl sites for hydroxylation is 1. The first-order chi connectivity index (χ1) is 17.4. The van der Waals surface area contributed by atoms with Crippen molar-refractivity contribution in [3.8, 4) is 17.2 Å². The van der Waals surface area contributed by atoms with E-state index >= 15 is 0 Å². The SMILES string of the molecule is C[C@H](CN[C@@H](C(=O)Nc1ccc(-c2ccn(C)c(=O)c2)cn1)c1ccccc1)c1ccc(C#N)cc1. The van der Waals surface area contributed by atoms with Gasteiger partial charge in [-0.15, -0.1) is 0 Å². The molecule has 180 valence electrons. The molecule has 4 aromatic rings. The second kappa shape index (κ2) is 11.3. The molecule has 4 rings (SSSR count). The molecule has 2 atom stereocenters. The van der Waals surface area contributed by atoms with E-state index in [-0.39, 0.29) is 17.4 Å². The number of nitrogens with zero attached hydrogens (tertiary/aromatic N) is 3. The Kier molecular flexibility index (Phi) is 7.69. The first-order valence-electron chi connectivity index (χ1n) is 11.7. The highest BCUT2D eigenvalue weighted by molar-refractivity contribution is 5.95. The maximum absolute atomic E-state index is 13.3. The largest absolute Gasteiger partial charge is 0.319 e. The van der Waals surface area contributed by atoms with Gasteiger partial charge in [0.2, 0.25) is 5.91 Å². The lowest BCUT2D eigenvalue weighted by atomic mass is 9.98. The highest BCUT2D eigenvalue weighted by Crippen LogP contribution is 2.21. The summed E-state index contributed by atoms with van der Waals surface area (Å²) in [5.41, 5.74) is 4.01. The van der Waals surface area contributed by atoms with Crippen molar-refractivity contribution in [3.63, 3.8) is 0 Å². The smallest absolute Gasteiger partial charge is 0.250 e. The summed E-state index contributed by atoms with van der Waals surface area (Å²) < 4.78 is 1.50. The van der Waals surface area contributed by atoms with Crippen LogP contribution >= 0.6 is 0 Å². The zero-order valence-corrected chi connectivity index (χ0v) is 20.2. The summed E-state index contributed by atoms with van der Waals surface area (Å²) in [6.45, 7) is 2.64. The standard InChI is InChI=1S/C29H27N5O2/c1-20(22-10-8-21(17-30)9-11-22)18-32-28(23-6-4-3-5-7-23)29(36)33-26-13-12-25(19-31-26)24-14-15-34(2)27(35)16-24/h3-16,19-20,28,32H,18H2,1-2H3,(H,31,33,36)/t20-,28-/m1/s1. The number of pyridine rings is 2. The number of nitriles is 1. The van der Waals surface area contributed by atoms with Gasteiger partial charge in [0, 0.05) is 37.6 Å². The molecule has 2 aromatic heterocycles. The maximum atomic E-state index is 13.3. The number of aromatic nitrogens is 2. The number of hydrogen-bond acceptors (Lipinski definition) is 5. The van der Waals surface area contributed by atoms with E-state index in [2.05, 4.69) is 28.6 Å². The third-order valence-corrected chi connectivity index (χ3v) is 6.08. The van der Waals surface area contributed by atoms with Gasteiger partial charge in [0.25, 0.3) is 5.56 Å². The van der Waals surface area contributed by atoms with Gasteiger partial charge in [-0.1, -0.05) is 49.4 Å². The minimum absolute atomic E-state index is 0.100. The van der Waals surface area contributed by atoms with Crippen molar-refractivity contribution in [2.45, 2.75) is 18.9 Å². The number of carbonyl (C=O) groups excluding carboxylic acids is 1. The number of anilines is 1. The average Bonchev–Trinajstić information content (AvgIpc) is 2.91. The van der Waals surface area contributed by atoms with Gasteiger partial charge in [-0.3, -0.25) is 9.59 Å². The Morgan fingerprint density at radius 2 is 1.75 bits per heavy atom. The summed E-state index contributed by atoms with van der Waals surface area (Å²) in [5.74, 6) is 0.338. The van der Waals surface area contributed by atoms with Gasteiger partial charge >= 0.3 is 0 Å². The van der Waals surface area contributed by atoms with Crippen LogP contribution in [-0.2, 0) is 11.8 Å². The van der Waals surface area contributed by atoms with Crippen LogP contribution in [0.2, 0.25) is 0 Å². The molecular weight excluding hydrogens is 450 g/mol. The van der Waals surface area contributed by atoms with Crippen LogP contribution in [0.1, 0.15) is 35.6 Å². The summed E-state index contributed by atoms with van der Waals surface area (Å²) >= 11 is 0. The van der Waals surface area contributed by atoms with Gasteiger partial charge in [-0.05, 0) is 52.9 Å². The second-order valence-corrected chi connectivity index (χ2v) is 8.67. The summed E-state index contributed by atoms with van der Waals surface area (Å²) in [4.78, 5) is 29.6. The lowest BCUT2D eigenvalue weighted by Gasteiger charge is -2.21. The molecule has 2 heterocycles. The van der Waals surface area contributed by atoms with Crippen molar-refractivity contribution in [2.75, 3.05) is 11.9 Å². The van der Waals surface area contributed by atoms with E-state index in [0.717, 1.165) is 22.3 Å². The van der Waals surface area contributed by atoms with E-state index in [0.29, 0.717) is 17.9 Å². The first-order valence-corrected chi connectivity index (χ1v) is 11.7. The van der Waals surface area contributed by atoms with Crippen LogP contribution in [0.4, 0.5) is 5.82 Å². The van der Waals surface area contributed by atoms with Crippen molar-refractivity contribution >= 4 is 11.7 Å². The van der Waals surface area contributed by atoms with E-state index < -0.39 is 6.04 Å². The van der Waals surface area contributed by atoms with Crippen LogP contribution in [0, 0.1) is 11.3 Å². The molecule has 0 aliphatic rings. The predicted octanol–water partition coefficient (Wildman–Crippen LogP) is 4.39. The summed E-state index contributed by atoms with van der Waals surface area (Å²) in [6.07, 6.45) is 3.35. The normalized spacial score (nSPS) is 12.4. The van der Waals surface area contributed by atoms with Crippen LogP contribution in [0.5, 0.6) is 0 Å². The fourth-order valence-electron chi connectivity index (χ4n) is 3.87. The molecule has 0 aliphatic carbocycles. The minimum Gasteiger partial charge on any atom is -0.319 e. The van der Waals surface area contributed by atoms with Crippen molar-refractivity contribution in [1.29, 1.82) is 5.26 Å². The molecule has 0 saturated heterocycles. The van der Waals surface area contributed by atoms with Crippen LogP contribution in [-0.4, -0.2) is 22.0 Å². The third kappa shape index (κ3) is 5.93. The molecular formula is C29H27N5O2. The van der Waals surface area contributed by atoms with Gasteiger partial charge in [-0.25, -0.2) is 4.98 Å². The molecule has 1 amide bonds. The number of nitrogens with one attached hydrogen (secondary N) is 2. The Hall–Kier alpha value is -4.54. The Morgan fingerprint density at radius 3 is 2.39 bits per heavy atom. The molecule has 7 nitrogen and oxygen atoms in total. The molecule has 0 saturated carbocycles. The molecule has 0 spiro atoms. The summed E-state index contributed by atoms with van der Waals surface area (Å²) in [7, 11) is 1.70. The van der Waals surface area contributed by atoms with Crippen LogP contribution in [0.15, 0.2) is 96.1 Å². The Morgan fingerprint density at radius 1 is 1.00 bits per heavy atom. The van der Waals surface area contributed by atoms with Crippen molar-refractivity contribution in [2.24, 2.45) is 7.05 Å². The van der Waals surface area contributed by atoms with Crippen molar-refractivity contribution < 1.29 is 4.79 Å². The van der Waals surface area contributed by atoms with E-state index in [1.807, 2.05) is 54.6 Å². The molecule has 0 unspecified atom stereocenters. The molecule has 0 aliphatic heterocycles. The quantitative estimate of drug-likeness (QED) is 0.392. The monoisotopic (exact) mass is 477 g/mol. The third-order valence-electron chi connectivity index (χ3n) is 6.08. The van der Waals surface area contributed by atoms with Gasteiger partial charge in [0.1, 0.15) is 11.9 Å². The lowest BCUT2D eigenvalue weighted by molar-refractivity contribution is -0.118. The maximum Gasteiger partial charge on any atom is 0.250 e. The van der Waals surface area contributed by atoms with Gasteiger partial charge in [-0.2, -0.15) is 5.26 Å². The van der Waals surface area contributed by atoms with Crippen LogP contribution in [0.25, 0.3) is 11.1 Å². The average molecular weight is 478 g/mol. The van der Waals surface area contributed by atoms with E-state index in [4.69, 9.17) is 5.26 Å². The highest BCUT2D eigenvalue weighted by atomic mass is 16.2. The number of carbonyl (C=O) groups is 1. The number of hydrogen-bond donors (Lipinski definition) is 2. The highest BCUT2D eigenvalue weighted by Gasteiger charge is 2.21. The van der Waals surface area contributed by atoms with Crippen LogP contribution < -0.4 is 16.2 Å². The molecule has 2 N–H and O–H groups in total. The molecule has 36 heavy (non-hydrogen) atoms. The number of amides is 1.